The van der Waals surface area contributed by atoms with Crippen LogP contribution in [0.3, 0.4) is 0 Å². The lowest BCUT2D eigenvalue weighted by atomic mass is 10.1. The molecule has 0 aliphatic carbocycles. The van der Waals surface area contributed by atoms with Gasteiger partial charge in [-0.05, 0) is 48.0 Å². The molecular weight excluding hydrogens is 395 g/mol. The van der Waals surface area contributed by atoms with E-state index in [0.717, 1.165) is 5.56 Å². The number of amides is 1. The van der Waals surface area contributed by atoms with E-state index < -0.39 is 0 Å². The van der Waals surface area contributed by atoms with Crippen LogP contribution in [-0.2, 0) is 6.54 Å². The molecule has 5 rings (SSSR count). The largest absolute Gasteiger partial charge is 0.348 e. The molecule has 0 aliphatic rings. The number of rotatable bonds is 4. The molecule has 0 saturated heterocycles. The Balaban J connectivity index is 1.54. The summed E-state index contributed by atoms with van der Waals surface area (Å²) in [4.78, 5) is 29.9. The molecule has 2 aromatic heterocycles. The number of benzene rings is 3. The number of aromatic nitrogens is 3. The fraction of sp³-hybridized carbons (Fsp3) is 0.0417. The third-order valence-electron chi connectivity index (χ3n) is 5.17. The summed E-state index contributed by atoms with van der Waals surface area (Å²) in [6.07, 6.45) is 1.51. The monoisotopic (exact) mass is 412 g/mol. The summed E-state index contributed by atoms with van der Waals surface area (Å²) in [5, 5.41) is 7.02. The van der Waals surface area contributed by atoms with E-state index in [-0.39, 0.29) is 17.3 Å². The van der Waals surface area contributed by atoms with Gasteiger partial charge in [-0.2, -0.15) is 0 Å². The van der Waals surface area contributed by atoms with Gasteiger partial charge in [0.2, 0.25) is 0 Å². The van der Waals surface area contributed by atoms with Gasteiger partial charge in [-0.1, -0.05) is 30.3 Å². The van der Waals surface area contributed by atoms with Crippen LogP contribution >= 0.6 is 0 Å². The van der Waals surface area contributed by atoms with Gasteiger partial charge in [-0.15, -0.1) is 0 Å². The van der Waals surface area contributed by atoms with Crippen molar-refractivity contribution in [3.05, 3.63) is 106 Å². The van der Waals surface area contributed by atoms with Crippen LogP contribution in [0.1, 0.15) is 15.9 Å². The summed E-state index contributed by atoms with van der Waals surface area (Å²) in [5.41, 5.74) is 2.90. The number of nitrogens with one attached hydrogen (secondary N) is 2. The Labute approximate surface area is 176 Å². The molecular formula is C24H17FN4O2. The second-order valence-corrected chi connectivity index (χ2v) is 7.18. The van der Waals surface area contributed by atoms with Crippen molar-refractivity contribution in [2.45, 2.75) is 6.54 Å². The van der Waals surface area contributed by atoms with Gasteiger partial charge in [0.05, 0.1) is 22.1 Å². The first-order valence-electron chi connectivity index (χ1n) is 9.72. The maximum Gasteiger partial charge on any atom is 0.280 e. The first kappa shape index (κ1) is 18.7. The molecule has 0 fully saturated rings. The predicted molar refractivity (Wildman–Crippen MR) is 117 cm³/mol. The number of pyridine rings is 1. The zero-order valence-electron chi connectivity index (χ0n) is 16.3. The SMILES string of the molecule is O=C(NCc1ccccc1)c1ccc2ncc3c(=O)n(-c4ccc(F)cc4)[nH]c3c2c1. The summed E-state index contributed by atoms with van der Waals surface area (Å²) in [6.45, 7) is 0.415. The number of carbonyl (C=O) groups excluding carboxylic acids is 1. The van der Waals surface area contributed by atoms with Crippen molar-refractivity contribution in [3.8, 4) is 5.69 Å². The number of aromatic amines is 1. The highest BCUT2D eigenvalue weighted by atomic mass is 19.1. The number of halogens is 1. The van der Waals surface area contributed by atoms with E-state index in [4.69, 9.17) is 0 Å². The lowest BCUT2D eigenvalue weighted by molar-refractivity contribution is 0.0951. The van der Waals surface area contributed by atoms with Gasteiger partial charge in [0.25, 0.3) is 11.5 Å². The highest BCUT2D eigenvalue weighted by Gasteiger charge is 2.14. The third-order valence-corrected chi connectivity index (χ3v) is 5.17. The average Bonchev–Trinajstić information content (AvgIpc) is 3.15. The first-order chi connectivity index (χ1) is 15.1. The fourth-order valence-electron chi connectivity index (χ4n) is 3.55. The zero-order chi connectivity index (χ0) is 21.4. The summed E-state index contributed by atoms with van der Waals surface area (Å²) >= 11 is 0. The van der Waals surface area contributed by atoms with E-state index in [1.165, 1.54) is 35.1 Å². The van der Waals surface area contributed by atoms with Crippen LogP contribution in [0.5, 0.6) is 0 Å². The third kappa shape index (κ3) is 3.46. The molecule has 0 radical (unpaired) electrons. The minimum Gasteiger partial charge on any atom is -0.348 e. The fourth-order valence-corrected chi connectivity index (χ4v) is 3.55. The van der Waals surface area contributed by atoms with Crippen molar-refractivity contribution in [2.75, 3.05) is 0 Å². The molecule has 2 heterocycles. The van der Waals surface area contributed by atoms with E-state index >= 15 is 0 Å². The molecule has 152 valence electrons. The normalized spacial score (nSPS) is 11.1. The van der Waals surface area contributed by atoms with Crippen molar-refractivity contribution in [1.29, 1.82) is 0 Å². The lowest BCUT2D eigenvalue weighted by Crippen LogP contribution is -2.22. The average molecular weight is 412 g/mol. The second-order valence-electron chi connectivity index (χ2n) is 7.18. The van der Waals surface area contributed by atoms with Crippen LogP contribution in [0.25, 0.3) is 27.5 Å². The number of hydrogen-bond acceptors (Lipinski definition) is 3. The van der Waals surface area contributed by atoms with Crippen LogP contribution in [-0.4, -0.2) is 20.7 Å². The molecule has 31 heavy (non-hydrogen) atoms. The standard InChI is InChI=1S/C24H17FN4O2/c25-17-7-9-18(10-8-17)29-24(31)20-14-26-21-11-6-16(12-19(21)22(20)28-29)23(30)27-13-15-4-2-1-3-5-15/h1-12,14,28H,13H2,(H,27,30). The maximum atomic E-state index is 13.3. The van der Waals surface area contributed by atoms with Gasteiger partial charge in [-0.25, -0.2) is 9.07 Å². The van der Waals surface area contributed by atoms with Crippen LogP contribution < -0.4 is 10.9 Å². The summed E-state index contributed by atoms with van der Waals surface area (Å²) in [5.74, 6) is -0.603. The Morgan fingerprint density at radius 1 is 1.00 bits per heavy atom. The molecule has 5 aromatic rings. The molecule has 0 atom stereocenters. The smallest absolute Gasteiger partial charge is 0.280 e. The minimum absolute atomic E-state index is 0.219. The molecule has 7 heteroatoms. The lowest BCUT2D eigenvalue weighted by Gasteiger charge is -2.07. The number of H-pyrrole nitrogens is 1. The van der Waals surface area contributed by atoms with Gasteiger partial charge in [0.15, 0.2) is 0 Å². The molecule has 0 saturated carbocycles. The van der Waals surface area contributed by atoms with Gasteiger partial charge in [0.1, 0.15) is 5.82 Å². The van der Waals surface area contributed by atoms with Crippen LogP contribution in [0.2, 0.25) is 0 Å². The number of fused-ring (bicyclic) bond motifs is 3. The van der Waals surface area contributed by atoms with Crippen LogP contribution in [0, 0.1) is 5.82 Å². The molecule has 1 amide bonds. The molecule has 0 aliphatic heterocycles. The van der Waals surface area contributed by atoms with E-state index in [0.29, 0.717) is 39.6 Å². The topological polar surface area (TPSA) is 79.8 Å². The quantitative estimate of drug-likeness (QED) is 0.469. The highest BCUT2D eigenvalue weighted by molar-refractivity contribution is 6.06. The molecule has 3 aromatic carbocycles. The van der Waals surface area contributed by atoms with E-state index in [1.54, 1.807) is 18.2 Å². The van der Waals surface area contributed by atoms with Gasteiger partial charge in [-0.3, -0.25) is 19.7 Å². The Hall–Kier alpha value is -4.26. The number of hydrogen-bond donors (Lipinski definition) is 2. The molecule has 6 nitrogen and oxygen atoms in total. The van der Waals surface area contributed by atoms with Crippen molar-refractivity contribution >= 4 is 27.7 Å². The van der Waals surface area contributed by atoms with Crippen LogP contribution in [0.15, 0.2) is 83.8 Å². The Morgan fingerprint density at radius 3 is 2.55 bits per heavy atom. The van der Waals surface area contributed by atoms with Gasteiger partial charge in [0, 0.05) is 23.7 Å². The Morgan fingerprint density at radius 2 is 1.77 bits per heavy atom. The predicted octanol–water partition coefficient (Wildman–Crippen LogP) is 3.94. The van der Waals surface area contributed by atoms with Crippen LogP contribution in [0.4, 0.5) is 4.39 Å². The first-order valence-corrected chi connectivity index (χ1v) is 9.72. The molecule has 2 N–H and O–H groups in total. The summed E-state index contributed by atoms with van der Waals surface area (Å²) in [6, 6.07) is 20.4. The number of carbonyl (C=O) groups is 1. The second kappa shape index (κ2) is 7.53. The Bertz CT molecular complexity index is 1470. The summed E-state index contributed by atoms with van der Waals surface area (Å²) in [7, 11) is 0. The molecule has 0 spiro atoms. The maximum absolute atomic E-state index is 13.3. The van der Waals surface area contributed by atoms with Gasteiger partial charge >= 0.3 is 0 Å². The van der Waals surface area contributed by atoms with E-state index in [9.17, 15) is 14.0 Å². The van der Waals surface area contributed by atoms with E-state index in [1.807, 2.05) is 30.3 Å². The molecule has 0 bridgehead atoms. The Kier molecular flexibility index (Phi) is 4.55. The molecule has 0 unspecified atom stereocenters. The van der Waals surface area contributed by atoms with Crippen molar-refractivity contribution in [3.63, 3.8) is 0 Å². The van der Waals surface area contributed by atoms with Crippen molar-refractivity contribution in [2.24, 2.45) is 0 Å². The van der Waals surface area contributed by atoms with Crippen molar-refractivity contribution < 1.29 is 9.18 Å². The highest BCUT2D eigenvalue weighted by Crippen LogP contribution is 2.22. The van der Waals surface area contributed by atoms with Crippen molar-refractivity contribution in [1.82, 2.24) is 20.1 Å². The summed E-state index contributed by atoms with van der Waals surface area (Å²) < 4.78 is 14.6. The van der Waals surface area contributed by atoms with E-state index in [2.05, 4.69) is 15.4 Å². The van der Waals surface area contributed by atoms with Gasteiger partial charge < -0.3 is 5.32 Å². The zero-order valence-corrected chi connectivity index (χ0v) is 16.3. The number of nitrogens with zero attached hydrogens (tertiary/aromatic N) is 2. The minimum atomic E-state index is -0.383.